The van der Waals surface area contributed by atoms with Crippen molar-refractivity contribution in [1.82, 2.24) is 15.6 Å². The molecule has 1 unspecified atom stereocenters. The van der Waals surface area contributed by atoms with Crippen molar-refractivity contribution in [2.24, 2.45) is 0 Å². The molecule has 0 aliphatic carbocycles. The van der Waals surface area contributed by atoms with Crippen LogP contribution in [0.15, 0.2) is 48.7 Å². The Labute approximate surface area is 143 Å². The second-order valence-corrected chi connectivity index (χ2v) is 5.47. The summed E-state index contributed by atoms with van der Waals surface area (Å²) in [5, 5.41) is 14.8. The summed E-state index contributed by atoms with van der Waals surface area (Å²) in [6.07, 6.45) is 0.668. The van der Waals surface area contributed by atoms with E-state index in [2.05, 4.69) is 15.6 Å². The zero-order valence-electron chi connectivity index (χ0n) is 13.2. The number of hydrogen-bond acceptors (Lipinski definition) is 5. The van der Waals surface area contributed by atoms with Crippen LogP contribution in [0, 0.1) is 0 Å². The number of anilines is 1. The fraction of sp³-hybridized carbons (Fsp3) is 0.176. The Morgan fingerprint density at radius 2 is 2.00 bits per heavy atom. The summed E-state index contributed by atoms with van der Waals surface area (Å²) in [6.45, 7) is -0.0126. The number of amides is 4. The van der Waals surface area contributed by atoms with E-state index in [0.29, 0.717) is 16.9 Å². The third-order valence-electron chi connectivity index (χ3n) is 3.72. The van der Waals surface area contributed by atoms with Gasteiger partial charge < -0.3 is 10.4 Å². The summed E-state index contributed by atoms with van der Waals surface area (Å²) in [5.74, 6) is -0.723. The molecule has 0 radical (unpaired) electrons. The van der Waals surface area contributed by atoms with E-state index in [1.807, 2.05) is 0 Å². The van der Waals surface area contributed by atoms with Gasteiger partial charge in [0.2, 0.25) is 5.91 Å². The molecule has 0 saturated carbocycles. The molecular weight excluding hydrogens is 324 g/mol. The Bertz CT molecular complexity index is 792. The molecule has 25 heavy (non-hydrogen) atoms. The number of hydrogen-bond donors (Lipinski definition) is 3. The number of aliphatic hydroxyl groups excluding tert-OH is 1. The zero-order valence-corrected chi connectivity index (χ0v) is 13.2. The van der Waals surface area contributed by atoms with Gasteiger partial charge in [-0.05, 0) is 36.4 Å². The van der Waals surface area contributed by atoms with Crippen molar-refractivity contribution in [3.05, 3.63) is 59.9 Å². The number of carbonyl (C=O) groups excluding carboxylic acids is 3. The molecule has 8 nitrogen and oxygen atoms in total. The number of imide groups is 1. The maximum atomic E-state index is 12.1. The summed E-state index contributed by atoms with van der Waals surface area (Å²) in [4.78, 5) is 40.3. The number of aliphatic hydroxyl groups is 1. The largest absolute Gasteiger partial charge is 0.385 e. The number of aromatic nitrogens is 1. The lowest BCUT2D eigenvalue weighted by molar-refractivity contribution is -0.117. The summed E-state index contributed by atoms with van der Waals surface area (Å²) < 4.78 is 0. The van der Waals surface area contributed by atoms with E-state index in [9.17, 15) is 19.5 Å². The molecule has 1 saturated heterocycles. The number of pyridine rings is 1. The van der Waals surface area contributed by atoms with Crippen LogP contribution in [0.5, 0.6) is 0 Å². The highest BCUT2D eigenvalue weighted by molar-refractivity contribution is 6.12. The molecule has 3 N–H and O–H groups in total. The van der Waals surface area contributed by atoms with Gasteiger partial charge in [-0.3, -0.25) is 24.8 Å². The Kier molecular flexibility index (Phi) is 4.71. The van der Waals surface area contributed by atoms with Gasteiger partial charge in [0, 0.05) is 24.0 Å². The van der Waals surface area contributed by atoms with Crippen LogP contribution in [0.2, 0.25) is 0 Å². The molecule has 1 fully saturated rings. The van der Waals surface area contributed by atoms with Gasteiger partial charge in [-0.1, -0.05) is 6.07 Å². The third-order valence-corrected chi connectivity index (χ3v) is 3.72. The van der Waals surface area contributed by atoms with Gasteiger partial charge in [-0.2, -0.15) is 0 Å². The number of nitrogens with zero attached hydrogens (tertiary/aromatic N) is 2. The molecular formula is C17H16N4O4. The predicted molar refractivity (Wildman–Crippen MR) is 88.9 cm³/mol. The van der Waals surface area contributed by atoms with E-state index in [1.165, 1.54) is 4.90 Å². The Morgan fingerprint density at radius 1 is 1.24 bits per heavy atom. The smallest absolute Gasteiger partial charge is 0.329 e. The fourth-order valence-corrected chi connectivity index (χ4v) is 2.41. The van der Waals surface area contributed by atoms with Crippen molar-refractivity contribution in [3.63, 3.8) is 0 Å². The average molecular weight is 340 g/mol. The monoisotopic (exact) mass is 340 g/mol. The van der Waals surface area contributed by atoms with Crippen molar-refractivity contribution < 1.29 is 19.5 Å². The molecule has 128 valence electrons. The highest BCUT2D eigenvalue weighted by Gasteiger charge is 2.27. The van der Waals surface area contributed by atoms with Crippen molar-refractivity contribution in [3.8, 4) is 0 Å². The van der Waals surface area contributed by atoms with Crippen molar-refractivity contribution >= 4 is 23.5 Å². The van der Waals surface area contributed by atoms with Crippen LogP contribution in [0.3, 0.4) is 0 Å². The van der Waals surface area contributed by atoms with Crippen LogP contribution >= 0.6 is 0 Å². The first-order valence-electron chi connectivity index (χ1n) is 7.63. The van der Waals surface area contributed by atoms with Crippen LogP contribution in [0.1, 0.15) is 22.2 Å². The van der Waals surface area contributed by atoms with E-state index < -0.39 is 12.1 Å². The van der Waals surface area contributed by atoms with Crippen LogP contribution in [-0.4, -0.2) is 41.0 Å². The minimum absolute atomic E-state index is 0.0284. The second kappa shape index (κ2) is 7.10. The third kappa shape index (κ3) is 3.81. The van der Waals surface area contributed by atoms with Crippen molar-refractivity contribution in [2.45, 2.75) is 6.10 Å². The topological polar surface area (TPSA) is 112 Å². The van der Waals surface area contributed by atoms with Gasteiger partial charge in [0.25, 0.3) is 5.91 Å². The minimum atomic E-state index is -0.899. The van der Waals surface area contributed by atoms with Crippen LogP contribution in [0.4, 0.5) is 10.5 Å². The zero-order chi connectivity index (χ0) is 17.8. The number of carbonyl (C=O) groups is 3. The van der Waals surface area contributed by atoms with E-state index in [-0.39, 0.29) is 24.9 Å². The van der Waals surface area contributed by atoms with E-state index in [1.54, 1.807) is 48.7 Å². The summed E-state index contributed by atoms with van der Waals surface area (Å²) in [5.41, 5.74) is 1.37. The van der Waals surface area contributed by atoms with Crippen molar-refractivity contribution in [2.75, 3.05) is 18.0 Å². The molecule has 1 aromatic carbocycles. The van der Waals surface area contributed by atoms with Gasteiger partial charge in [0.1, 0.15) is 12.6 Å². The van der Waals surface area contributed by atoms with Crippen LogP contribution < -0.4 is 15.5 Å². The minimum Gasteiger partial charge on any atom is -0.385 e. The van der Waals surface area contributed by atoms with E-state index in [4.69, 9.17) is 0 Å². The standard InChI is InChI=1S/C17H16N4O4/c22-14(13-3-1-2-8-18-13)9-19-16(24)11-4-6-12(7-5-11)21-10-15(23)20-17(21)25/h1-8,14,22H,9-10H2,(H,19,24)(H,20,23,25). The molecule has 4 amide bonds. The first-order valence-corrected chi connectivity index (χ1v) is 7.63. The SMILES string of the molecule is O=C1CN(c2ccc(C(=O)NCC(O)c3ccccn3)cc2)C(=O)N1. The first-order chi connectivity index (χ1) is 12.0. The van der Waals surface area contributed by atoms with Gasteiger partial charge in [-0.15, -0.1) is 0 Å². The Hall–Kier alpha value is -3.26. The number of nitrogens with one attached hydrogen (secondary N) is 2. The quantitative estimate of drug-likeness (QED) is 0.690. The maximum absolute atomic E-state index is 12.1. The van der Waals surface area contributed by atoms with Gasteiger partial charge in [0.15, 0.2) is 0 Å². The highest BCUT2D eigenvalue weighted by atomic mass is 16.3. The van der Waals surface area contributed by atoms with Gasteiger partial charge in [0.05, 0.1) is 5.69 Å². The molecule has 8 heteroatoms. The van der Waals surface area contributed by atoms with E-state index in [0.717, 1.165) is 0 Å². The fourth-order valence-electron chi connectivity index (χ4n) is 2.41. The molecule has 2 aromatic rings. The lowest BCUT2D eigenvalue weighted by atomic mass is 10.1. The number of urea groups is 1. The molecule has 3 rings (SSSR count). The van der Waals surface area contributed by atoms with E-state index >= 15 is 0 Å². The second-order valence-electron chi connectivity index (χ2n) is 5.47. The summed E-state index contributed by atoms with van der Waals surface area (Å²) >= 11 is 0. The Morgan fingerprint density at radius 3 is 2.60 bits per heavy atom. The number of benzene rings is 1. The molecule has 1 aromatic heterocycles. The highest BCUT2D eigenvalue weighted by Crippen LogP contribution is 2.17. The van der Waals surface area contributed by atoms with Crippen LogP contribution in [-0.2, 0) is 4.79 Å². The Balaban J connectivity index is 1.59. The van der Waals surface area contributed by atoms with Gasteiger partial charge in [-0.25, -0.2) is 4.79 Å². The molecule has 1 aliphatic heterocycles. The molecule has 0 bridgehead atoms. The molecule has 1 atom stereocenters. The predicted octanol–water partition coefficient (Wildman–Crippen LogP) is 0.601. The lowest BCUT2D eigenvalue weighted by Gasteiger charge is -2.14. The van der Waals surface area contributed by atoms with Crippen molar-refractivity contribution in [1.29, 1.82) is 0 Å². The molecule has 2 heterocycles. The molecule has 1 aliphatic rings. The maximum Gasteiger partial charge on any atom is 0.329 e. The molecule has 0 spiro atoms. The summed E-state index contributed by atoms with van der Waals surface area (Å²) in [6, 6.07) is 11.0. The lowest BCUT2D eigenvalue weighted by Crippen LogP contribution is -2.29. The first kappa shape index (κ1) is 16.6. The van der Waals surface area contributed by atoms with Gasteiger partial charge >= 0.3 is 6.03 Å². The number of rotatable bonds is 5. The van der Waals surface area contributed by atoms with Crippen LogP contribution in [0.25, 0.3) is 0 Å². The average Bonchev–Trinajstić information content (AvgIpc) is 2.98. The summed E-state index contributed by atoms with van der Waals surface area (Å²) in [7, 11) is 0. The normalized spacial score (nSPS) is 15.0.